The lowest BCUT2D eigenvalue weighted by Gasteiger charge is -2.21. The fraction of sp³-hybridized carbons (Fsp3) is 0.350. The number of hydrogen-bond acceptors (Lipinski definition) is 4. The molecule has 4 heterocycles. The molecule has 5 rings (SSSR count). The number of aryl methyl sites for hydroxylation is 1. The Labute approximate surface area is 168 Å². The number of pyridine rings is 1. The molecule has 1 fully saturated rings. The number of alkyl halides is 3. The highest BCUT2D eigenvalue weighted by Gasteiger charge is 2.47. The predicted octanol–water partition coefficient (Wildman–Crippen LogP) is 4.02. The summed E-state index contributed by atoms with van der Waals surface area (Å²) < 4.78 is 43.4. The second kappa shape index (κ2) is 6.35. The van der Waals surface area contributed by atoms with Crippen LogP contribution in [0, 0.1) is 0 Å². The molecule has 1 unspecified atom stereocenters. The minimum absolute atomic E-state index is 0.234. The highest BCUT2D eigenvalue weighted by atomic mass is 19.4. The van der Waals surface area contributed by atoms with Gasteiger partial charge in [0.05, 0.1) is 11.2 Å². The fourth-order valence-electron chi connectivity index (χ4n) is 4.50. The van der Waals surface area contributed by atoms with Crippen LogP contribution in [0.2, 0.25) is 0 Å². The molecule has 156 valence electrons. The molecular formula is C20H17F3N4O3. The summed E-state index contributed by atoms with van der Waals surface area (Å²) in [5, 5.41) is 14.4. The van der Waals surface area contributed by atoms with E-state index in [9.17, 15) is 23.1 Å². The van der Waals surface area contributed by atoms with Gasteiger partial charge in [-0.1, -0.05) is 0 Å². The molecule has 2 aliphatic heterocycles. The van der Waals surface area contributed by atoms with Crippen molar-refractivity contribution in [3.05, 3.63) is 42.2 Å². The molecule has 1 aromatic carbocycles. The molecule has 0 aliphatic carbocycles. The molecule has 3 aromatic rings. The van der Waals surface area contributed by atoms with E-state index < -0.39 is 12.5 Å². The van der Waals surface area contributed by atoms with Crippen molar-refractivity contribution in [3.8, 4) is 17.0 Å². The number of rotatable bonds is 2. The van der Waals surface area contributed by atoms with Crippen LogP contribution in [0.4, 0.5) is 18.0 Å². The van der Waals surface area contributed by atoms with Crippen LogP contribution in [0.25, 0.3) is 22.2 Å². The minimum atomic E-state index is -4.76. The number of carboxylic acid groups (broad SMARTS) is 1. The van der Waals surface area contributed by atoms with E-state index in [0.717, 1.165) is 18.5 Å². The van der Waals surface area contributed by atoms with Crippen molar-refractivity contribution >= 4 is 17.0 Å². The van der Waals surface area contributed by atoms with Crippen LogP contribution in [0.15, 0.2) is 36.5 Å². The second-order valence-electron chi connectivity index (χ2n) is 7.75. The van der Waals surface area contributed by atoms with Crippen LogP contribution in [0.3, 0.4) is 0 Å². The maximum Gasteiger partial charge on any atom is 0.573 e. The van der Waals surface area contributed by atoms with E-state index >= 15 is 0 Å². The van der Waals surface area contributed by atoms with Crippen molar-refractivity contribution < 1.29 is 27.8 Å². The van der Waals surface area contributed by atoms with Crippen LogP contribution in [-0.2, 0) is 12.0 Å². The quantitative estimate of drug-likeness (QED) is 0.680. The molecule has 7 nitrogen and oxygen atoms in total. The van der Waals surface area contributed by atoms with E-state index in [4.69, 9.17) is 0 Å². The molecular weight excluding hydrogens is 401 g/mol. The van der Waals surface area contributed by atoms with Crippen LogP contribution < -0.4 is 4.74 Å². The number of nitrogens with zero attached hydrogens (tertiary/aromatic N) is 4. The van der Waals surface area contributed by atoms with E-state index in [1.54, 1.807) is 12.3 Å². The Morgan fingerprint density at radius 1 is 1.17 bits per heavy atom. The highest BCUT2D eigenvalue weighted by Crippen LogP contribution is 2.43. The average Bonchev–Trinajstić information content (AvgIpc) is 3.37. The molecule has 2 aromatic heterocycles. The maximum atomic E-state index is 12.5. The maximum absolute atomic E-state index is 12.5. The van der Waals surface area contributed by atoms with Crippen molar-refractivity contribution in [2.24, 2.45) is 0 Å². The summed E-state index contributed by atoms with van der Waals surface area (Å²) in [7, 11) is 0. The van der Waals surface area contributed by atoms with Gasteiger partial charge in [-0.05, 0) is 43.2 Å². The van der Waals surface area contributed by atoms with Crippen molar-refractivity contribution in [1.29, 1.82) is 0 Å². The number of likely N-dealkylation sites (tertiary alicyclic amines) is 1. The Balaban J connectivity index is 1.48. The summed E-state index contributed by atoms with van der Waals surface area (Å²) in [6.07, 6.45) is -2.45. The first-order chi connectivity index (χ1) is 14.2. The zero-order valence-corrected chi connectivity index (χ0v) is 15.7. The molecule has 2 aliphatic rings. The standard InChI is InChI=1S/C20H17F3N4O3/c21-20(22,23)30-14-1-2-15-12(8-14)7-13(10-24-15)16-9-17-19(4-6-27(17)25-16)3-5-26(11-19)18(28)29/h1-2,7-10H,3-6,11H2,(H,28,29). The van der Waals surface area contributed by atoms with Gasteiger partial charge in [0.1, 0.15) is 5.75 Å². The van der Waals surface area contributed by atoms with Gasteiger partial charge in [0.2, 0.25) is 0 Å². The third-order valence-corrected chi connectivity index (χ3v) is 5.93. The summed E-state index contributed by atoms with van der Waals surface area (Å²) in [5.74, 6) is -0.306. The zero-order valence-electron chi connectivity index (χ0n) is 15.7. The molecule has 1 N–H and O–H groups in total. The van der Waals surface area contributed by atoms with Gasteiger partial charge in [-0.3, -0.25) is 9.67 Å². The molecule has 1 atom stereocenters. The lowest BCUT2D eigenvalue weighted by atomic mass is 9.82. The predicted molar refractivity (Wildman–Crippen MR) is 100 cm³/mol. The van der Waals surface area contributed by atoms with Crippen molar-refractivity contribution in [3.63, 3.8) is 0 Å². The number of aromatic nitrogens is 3. The molecule has 1 spiro atoms. The molecule has 0 bridgehead atoms. The van der Waals surface area contributed by atoms with E-state index in [-0.39, 0.29) is 11.2 Å². The van der Waals surface area contributed by atoms with Gasteiger partial charge in [0, 0.05) is 47.9 Å². The summed E-state index contributed by atoms with van der Waals surface area (Å²) in [6, 6.07) is 7.67. The smallest absolute Gasteiger partial charge is 0.465 e. The SMILES string of the molecule is O=C(O)N1CCC2(CCn3nc(-c4cnc5ccc(OC(F)(F)F)cc5c4)cc32)C1. The molecule has 30 heavy (non-hydrogen) atoms. The lowest BCUT2D eigenvalue weighted by Crippen LogP contribution is -2.32. The van der Waals surface area contributed by atoms with Crippen LogP contribution >= 0.6 is 0 Å². The number of fused-ring (bicyclic) bond motifs is 3. The highest BCUT2D eigenvalue weighted by molar-refractivity contribution is 5.84. The number of carbonyl (C=O) groups is 1. The van der Waals surface area contributed by atoms with Gasteiger partial charge in [0.15, 0.2) is 0 Å². The third-order valence-electron chi connectivity index (χ3n) is 5.93. The van der Waals surface area contributed by atoms with E-state index in [0.29, 0.717) is 41.8 Å². The largest absolute Gasteiger partial charge is 0.573 e. The van der Waals surface area contributed by atoms with Gasteiger partial charge in [0.25, 0.3) is 0 Å². The first-order valence-electron chi connectivity index (χ1n) is 9.45. The number of amides is 1. The van der Waals surface area contributed by atoms with Crippen molar-refractivity contribution in [2.45, 2.75) is 31.2 Å². The number of halogens is 3. The monoisotopic (exact) mass is 418 g/mol. The normalized spacial score (nSPS) is 20.8. The Bertz CT molecular complexity index is 1160. The summed E-state index contributed by atoms with van der Waals surface area (Å²) >= 11 is 0. The first kappa shape index (κ1) is 18.7. The molecule has 1 amide bonds. The Morgan fingerprint density at radius 2 is 1.97 bits per heavy atom. The fourth-order valence-corrected chi connectivity index (χ4v) is 4.50. The third kappa shape index (κ3) is 3.12. The summed E-state index contributed by atoms with van der Waals surface area (Å²) in [5.41, 5.74) is 2.65. The van der Waals surface area contributed by atoms with Crippen molar-refractivity contribution in [2.75, 3.05) is 13.1 Å². The van der Waals surface area contributed by atoms with E-state index in [1.165, 1.54) is 23.1 Å². The van der Waals surface area contributed by atoms with Gasteiger partial charge < -0.3 is 14.7 Å². The van der Waals surface area contributed by atoms with Gasteiger partial charge in [-0.15, -0.1) is 13.2 Å². The van der Waals surface area contributed by atoms with Gasteiger partial charge >= 0.3 is 12.5 Å². The molecule has 1 saturated heterocycles. The lowest BCUT2D eigenvalue weighted by molar-refractivity contribution is -0.274. The van der Waals surface area contributed by atoms with Crippen molar-refractivity contribution in [1.82, 2.24) is 19.7 Å². The first-order valence-corrected chi connectivity index (χ1v) is 9.45. The topological polar surface area (TPSA) is 80.5 Å². The summed E-state index contributed by atoms with van der Waals surface area (Å²) in [6.45, 7) is 1.64. The average molecular weight is 418 g/mol. The van der Waals surface area contributed by atoms with Crippen LogP contribution in [-0.4, -0.2) is 50.3 Å². The van der Waals surface area contributed by atoms with Crippen LogP contribution in [0.5, 0.6) is 5.75 Å². The summed E-state index contributed by atoms with van der Waals surface area (Å²) in [4.78, 5) is 17.1. The Morgan fingerprint density at radius 3 is 2.70 bits per heavy atom. The Hall–Kier alpha value is -3.30. The van der Waals surface area contributed by atoms with Gasteiger partial charge in [-0.2, -0.15) is 5.10 Å². The van der Waals surface area contributed by atoms with Crippen LogP contribution in [0.1, 0.15) is 18.5 Å². The Kier molecular flexibility index (Phi) is 3.96. The van der Waals surface area contributed by atoms with Gasteiger partial charge in [-0.25, -0.2) is 4.79 Å². The number of hydrogen-bond donors (Lipinski definition) is 1. The molecule has 0 radical (unpaired) electrons. The molecule has 10 heteroatoms. The number of ether oxygens (including phenoxy) is 1. The number of benzene rings is 1. The minimum Gasteiger partial charge on any atom is -0.465 e. The van der Waals surface area contributed by atoms with E-state index in [2.05, 4.69) is 14.8 Å². The van der Waals surface area contributed by atoms with E-state index in [1.807, 2.05) is 10.7 Å². The zero-order chi connectivity index (χ0) is 21.1. The second-order valence-corrected chi connectivity index (χ2v) is 7.75. The molecule has 0 saturated carbocycles.